The third-order valence-electron chi connectivity index (χ3n) is 2.94. The lowest BCUT2D eigenvalue weighted by Gasteiger charge is -2.27. The van der Waals surface area contributed by atoms with Gasteiger partial charge in [0.2, 0.25) is 0 Å². The van der Waals surface area contributed by atoms with E-state index in [1.807, 2.05) is 29.2 Å². The monoisotopic (exact) mass is 221 g/mol. The Morgan fingerprint density at radius 3 is 2.88 bits per heavy atom. The largest absolute Gasteiger partial charge is 0.479 e. The zero-order valence-corrected chi connectivity index (χ0v) is 9.18. The molecule has 0 saturated carbocycles. The van der Waals surface area contributed by atoms with Crippen LogP contribution in [0.4, 0.5) is 5.69 Å². The van der Waals surface area contributed by atoms with Crippen LogP contribution in [0.5, 0.6) is 0 Å². The minimum absolute atomic E-state index is 0.124. The Morgan fingerprint density at radius 2 is 2.19 bits per heavy atom. The Hall–Kier alpha value is -1.55. The summed E-state index contributed by atoms with van der Waals surface area (Å²) in [4.78, 5) is 12.8. The summed E-state index contributed by atoms with van der Waals surface area (Å²) in [6.07, 6.45) is 0.909. The van der Waals surface area contributed by atoms with Gasteiger partial charge in [0.15, 0.2) is 5.60 Å². The number of hydrogen-bond donors (Lipinski definition) is 2. The maximum absolute atomic E-state index is 10.8. The molecule has 1 aromatic rings. The standard InChI is InChI=1S/C12H15NO3/c1-12(16,11(14)15)8-13-7-6-9-4-2-3-5-10(9)13/h2-5,16H,6-8H2,1H3,(H,14,15). The van der Waals surface area contributed by atoms with Crippen LogP contribution in [0.25, 0.3) is 0 Å². The molecule has 1 aromatic carbocycles. The van der Waals surface area contributed by atoms with Gasteiger partial charge in [-0.1, -0.05) is 18.2 Å². The molecule has 0 spiro atoms. The number of carboxylic acids is 1. The van der Waals surface area contributed by atoms with Gasteiger partial charge in [-0.25, -0.2) is 4.79 Å². The predicted octanol–water partition coefficient (Wildman–Crippen LogP) is 0.885. The SMILES string of the molecule is CC(O)(CN1CCc2ccccc21)C(=O)O. The number of carboxylic acid groups (broad SMARTS) is 1. The second kappa shape index (κ2) is 3.79. The average Bonchev–Trinajstić information content (AvgIpc) is 2.61. The van der Waals surface area contributed by atoms with Gasteiger partial charge in [-0.15, -0.1) is 0 Å². The zero-order valence-electron chi connectivity index (χ0n) is 9.18. The second-order valence-electron chi connectivity index (χ2n) is 4.38. The molecule has 0 amide bonds. The Morgan fingerprint density at radius 1 is 1.50 bits per heavy atom. The maximum Gasteiger partial charge on any atom is 0.337 e. The molecule has 1 unspecified atom stereocenters. The van der Waals surface area contributed by atoms with E-state index < -0.39 is 11.6 Å². The molecule has 86 valence electrons. The lowest BCUT2D eigenvalue weighted by atomic mass is 10.1. The first-order valence-electron chi connectivity index (χ1n) is 5.29. The fraction of sp³-hybridized carbons (Fsp3) is 0.417. The molecule has 0 saturated heterocycles. The summed E-state index contributed by atoms with van der Waals surface area (Å²) in [5.74, 6) is -1.18. The Kier molecular flexibility index (Phi) is 2.59. The van der Waals surface area contributed by atoms with E-state index in [-0.39, 0.29) is 6.54 Å². The molecule has 0 aromatic heterocycles. The first-order valence-corrected chi connectivity index (χ1v) is 5.29. The molecular weight excluding hydrogens is 206 g/mol. The molecule has 4 nitrogen and oxygen atoms in total. The van der Waals surface area contributed by atoms with Crippen molar-refractivity contribution in [1.29, 1.82) is 0 Å². The van der Waals surface area contributed by atoms with Crippen molar-refractivity contribution in [1.82, 2.24) is 0 Å². The van der Waals surface area contributed by atoms with Gasteiger partial charge in [0.05, 0.1) is 6.54 Å². The van der Waals surface area contributed by atoms with Gasteiger partial charge in [0.25, 0.3) is 0 Å². The van der Waals surface area contributed by atoms with Gasteiger partial charge in [-0.05, 0) is 25.0 Å². The minimum Gasteiger partial charge on any atom is -0.479 e. The summed E-state index contributed by atoms with van der Waals surface area (Å²) in [6, 6.07) is 7.88. The van der Waals surface area contributed by atoms with Gasteiger partial charge < -0.3 is 15.1 Å². The third-order valence-corrected chi connectivity index (χ3v) is 2.94. The third kappa shape index (κ3) is 1.88. The number of β-amino-alcohol motifs (C(OH)–C–C–N with tert-alkyl or cyclic N) is 1. The lowest BCUT2D eigenvalue weighted by Crippen LogP contribution is -2.46. The summed E-state index contributed by atoms with van der Waals surface area (Å²) >= 11 is 0. The molecular formula is C12H15NO3. The summed E-state index contributed by atoms with van der Waals surface area (Å²) in [5.41, 5.74) is 0.546. The highest BCUT2D eigenvalue weighted by Crippen LogP contribution is 2.28. The molecule has 0 aliphatic carbocycles. The summed E-state index contributed by atoms with van der Waals surface area (Å²) < 4.78 is 0. The van der Waals surface area contributed by atoms with Gasteiger partial charge in [-0.3, -0.25) is 0 Å². The smallest absolute Gasteiger partial charge is 0.337 e. The molecule has 1 aliphatic heterocycles. The van der Waals surface area contributed by atoms with E-state index in [1.165, 1.54) is 12.5 Å². The fourth-order valence-corrected chi connectivity index (χ4v) is 2.01. The van der Waals surface area contributed by atoms with E-state index in [1.54, 1.807) is 0 Å². The second-order valence-corrected chi connectivity index (χ2v) is 4.38. The van der Waals surface area contributed by atoms with Crippen LogP contribution >= 0.6 is 0 Å². The molecule has 1 heterocycles. The van der Waals surface area contributed by atoms with Crippen LogP contribution in [0.3, 0.4) is 0 Å². The number of nitrogens with zero attached hydrogens (tertiary/aromatic N) is 1. The molecule has 0 fully saturated rings. The van der Waals surface area contributed by atoms with Crippen LogP contribution in [0.1, 0.15) is 12.5 Å². The van der Waals surface area contributed by atoms with Crippen LogP contribution in [0, 0.1) is 0 Å². The molecule has 0 radical (unpaired) electrons. The van der Waals surface area contributed by atoms with Crippen LogP contribution in [0.15, 0.2) is 24.3 Å². The molecule has 16 heavy (non-hydrogen) atoms. The van der Waals surface area contributed by atoms with E-state index in [2.05, 4.69) is 0 Å². The Balaban J connectivity index is 2.18. The molecule has 4 heteroatoms. The molecule has 2 N–H and O–H groups in total. The maximum atomic E-state index is 10.8. The average molecular weight is 221 g/mol. The van der Waals surface area contributed by atoms with Crippen LogP contribution in [-0.4, -0.2) is 34.9 Å². The Labute approximate surface area is 94.1 Å². The minimum atomic E-state index is -1.70. The van der Waals surface area contributed by atoms with Crippen molar-refractivity contribution in [3.63, 3.8) is 0 Å². The van der Waals surface area contributed by atoms with E-state index in [9.17, 15) is 9.90 Å². The van der Waals surface area contributed by atoms with Crippen molar-refractivity contribution >= 4 is 11.7 Å². The summed E-state index contributed by atoms with van der Waals surface area (Å²) in [6.45, 7) is 2.22. The highest BCUT2D eigenvalue weighted by molar-refractivity contribution is 5.78. The van der Waals surface area contributed by atoms with Crippen molar-refractivity contribution < 1.29 is 15.0 Å². The topological polar surface area (TPSA) is 60.8 Å². The van der Waals surface area contributed by atoms with Crippen LogP contribution < -0.4 is 4.90 Å². The number of rotatable bonds is 3. The van der Waals surface area contributed by atoms with Crippen molar-refractivity contribution in [3.05, 3.63) is 29.8 Å². The molecule has 1 aliphatic rings. The highest BCUT2D eigenvalue weighted by Gasteiger charge is 2.34. The lowest BCUT2D eigenvalue weighted by molar-refractivity contribution is -0.155. The summed E-state index contributed by atoms with van der Waals surface area (Å²) in [5, 5.41) is 18.6. The van der Waals surface area contributed by atoms with Gasteiger partial charge in [0, 0.05) is 12.2 Å². The molecule has 1 atom stereocenters. The molecule has 0 bridgehead atoms. The van der Waals surface area contributed by atoms with E-state index >= 15 is 0 Å². The summed E-state index contributed by atoms with van der Waals surface area (Å²) in [7, 11) is 0. The first kappa shape index (κ1) is 11.0. The van der Waals surface area contributed by atoms with E-state index in [0.29, 0.717) is 0 Å². The predicted molar refractivity (Wildman–Crippen MR) is 60.6 cm³/mol. The highest BCUT2D eigenvalue weighted by atomic mass is 16.4. The van der Waals surface area contributed by atoms with Crippen molar-refractivity contribution in [2.75, 3.05) is 18.0 Å². The number of benzene rings is 1. The van der Waals surface area contributed by atoms with Gasteiger partial charge in [-0.2, -0.15) is 0 Å². The number of carbonyl (C=O) groups is 1. The van der Waals surface area contributed by atoms with Crippen molar-refractivity contribution in [2.24, 2.45) is 0 Å². The van der Waals surface area contributed by atoms with Gasteiger partial charge in [0.1, 0.15) is 0 Å². The normalized spacial score (nSPS) is 18.0. The van der Waals surface area contributed by atoms with Crippen molar-refractivity contribution in [3.8, 4) is 0 Å². The Bertz CT molecular complexity index is 414. The number of fused-ring (bicyclic) bond motifs is 1. The van der Waals surface area contributed by atoms with Crippen molar-refractivity contribution in [2.45, 2.75) is 18.9 Å². The van der Waals surface area contributed by atoms with Crippen LogP contribution in [-0.2, 0) is 11.2 Å². The first-order chi connectivity index (χ1) is 7.50. The number of para-hydroxylation sites is 1. The zero-order chi connectivity index (χ0) is 11.8. The number of aliphatic carboxylic acids is 1. The fourth-order valence-electron chi connectivity index (χ4n) is 2.01. The number of anilines is 1. The molecule has 2 rings (SSSR count). The quantitative estimate of drug-likeness (QED) is 0.795. The van der Waals surface area contributed by atoms with E-state index in [0.717, 1.165) is 18.7 Å². The van der Waals surface area contributed by atoms with Crippen LogP contribution in [0.2, 0.25) is 0 Å². The number of hydrogen-bond acceptors (Lipinski definition) is 3. The number of aliphatic hydroxyl groups is 1. The van der Waals surface area contributed by atoms with E-state index in [4.69, 9.17) is 5.11 Å². The van der Waals surface area contributed by atoms with Gasteiger partial charge >= 0.3 is 5.97 Å².